The Hall–Kier alpha value is -2.04. The molecule has 0 spiro atoms. The molecular weight excluding hydrogens is 286 g/mol. The molecule has 3 N–H and O–H groups in total. The van der Waals surface area contributed by atoms with Crippen LogP contribution in [-0.2, 0) is 13.1 Å². The Kier molecular flexibility index (Phi) is 4.83. The molecule has 1 heterocycles. The van der Waals surface area contributed by atoms with Crippen LogP contribution in [0.2, 0.25) is 0 Å². The molecule has 0 amide bonds. The van der Waals surface area contributed by atoms with Gasteiger partial charge in [-0.3, -0.25) is 5.73 Å². The number of fused-ring (bicyclic) bond motifs is 1. The number of nitrogens with zero attached hydrogens (tertiary/aromatic N) is 2. The molecule has 0 aliphatic rings. The molecule has 3 aromatic rings. The van der Waals surface area contributed by atoms with E-state index in [1.807, 2.05) is 41.0 Å². The van der Waals surface area contributed by atoms with Crippen molar-refractivity contribution in [2.45, 2.75) is 13.1 Å². The maximum absolute atomic E-state index is 9.22. The lowest BCUT2D eigenvalue weighted by atomic mass is 10.2. The molecule has 2 aromatic carbocycles. The Morgan fingerprint density at radius 1 is 1.00 bits per heavy atom. The second-order valence-corrected chi connectivity index (χ2v) is 4.79. The van der Waals surface area contributed by atoms with E-state index in [4.69, 9.17) is 5.73 Å². The molecule has 0 saturated carbocycles. The number of aliphatic hydroxyl groups is 1. The summed E-state index contributed by atoms with van der Waals surface area (Å²) in [5, 5.41) is 9.22. The highest BCUT2D eigenvalue weighted by Gasteiger charge is 2.20. The van der Waals surface area contributed by atoms with Crippen molar-refractivity contribution in [1.29, 1.82) is 0 Å². The lowest BCUT2D eigenvalue weighted by Crippen LogP contribution is -3.00. The highest BCUT2D eigenvalue weighted by atomic mass is 35.5. The van der Waals surface area contributed by atoms with Crippen molar-refractivity contribution in [3.63, 3.8) is 0 Å². The van der Waals surface area contributed by atoms with E-state index in [2.05, 4.69) is 22.8 Å². The fourth-order valence-corrected chi connectivity index (χ4v) is 2.58. The Balaban J connectivity index is 0.00000161. The van der Waals surface area contributed by atoms with Crippen LogP contribution >= 0.6 is 0 Å². The number of aliphatic hydroxyl groups excluding tert-OH is 1. The van der Waals surface area contributed by atoms with Crippen LogP contribution in [0.1, 0.15) is 5.56 Å². The average Bonchev–Trinajstić information content (AvgIpc) is 2.75. The van der Waals surface area contributed by atoms with E-state index in [0.29, 0.717) is 12.5 Å². The molecule has 5 heteroatoms. The van der Waals surface area contributed by atoms with Gasteiger partial charge in [-0.25, -0.2) is 9.13 Å². The van der Waals surface area contributed by atoms with E-state index in [1.54, 1.807) is 0 Å². The maximum Gasteiger partial charge on any atom is 0.356 e. The maximum atomic E-state index is 9.22. The van der Waals surface area contributed by atoms with E-state index in [-0.39, 0.29) is 19.0 Å². The molecular formula is C16H18ClN3O. The van der Waals surface area contributed by atoms with Gasteiger partial charge in [0, 0.05) is 0 Å². The minimum Gasteiger partial charge on any atom is -1.00 e. The van der Waals surface area contributed by atoms with Crippen molar-refractivity contribution in [2.24, 2.45) is 0 Å². The molecule has 0 aliphatic heterocycles. The molecule has 0 aliphatic carbocycles. The monoisotopic (exact) mass is 303 g/mol. The zero-order valence-corrected chi connectivity index (χ0v) is 12.4. The van der Waals surface area contributed by atoms with Crippen molar-refractivity contribution >= 4 is 17.0 Å². The third-order valence-corrected chi connectivity index (χ3v) is 3.52. The number of nitrogens with two attached hydrogens (primary N) is 1. The number of nitrogen functional groups attached to an aromatic ring is 1. The second-order valence-electron chi connectivity index (χ2n) is 4.79. The fraction of sp³-hybridized carbons (Fsp3) is 0.188. The minimum atomic E-state index is 0. The normalized spacial score (nSPS) is 10.5. The summed E-state index contributed by atoms with van der Waals surface area (Å²) in [5.41, 5.74) is 9.61. The smallest absolute Gasteiger partial charge is 0.356 e. The third-order valence-electron chi connectivity index (χ3n) is 3.52. The van der Waals surface area contributed by atoms with Crippen molar-refractivity contribution < 1.29 is 22.1 Å². The SMILES string of the molecule is Nc1n(CCO)c2ccccc2[n+]1Cc1ccccc1.[Cl-]. The summed E-state index contributed by atoms with van der Waals surface area (Å²) in [6.45, 7) is 1.31. The van der Waals surface area contributed by atoms with Crippen LogP contribution in [0.15, 0.2) is 54.6 Å². The van der Waals surface area contributed by atoms with Crippen molar-refractivity contribution in [3.05, 3.63) is 60.2 Å². The number of para-hydroxylation sites is 2. The molecule has 110 valence electrons. The van der Waals surface area contributed by atoms with E-state index in [1.165, 1.54) is 5.56 Å². The zero-order valence-electron chi connectivity index (χ0n) is 11.6. The first-order valence-electron chi connectivity index (χ1n) is 6.72. The molecule has 3 rings (SSSR count). The molecule has 21 heavy (non-hydrogen) atoms. The zero-order chi connectivity index (χ0) is 13.9. The molecule has 0 bridgehead atoms. The predicted molar refractivity (Wildman–Crippen MR) is 79.2 cm³/mol. The highest BCUT2D eigenvalue weighted by molar-refractivity contribution is 5.73. The summed E-state index contributed by atoms with van der Waals surface area (Å²) < 4.78 is 4.04. The summed E-state index contributed by atoms with van der Waals surface area (Å²) in [6.07, 6.45) is 0. The summed E-state index contributed by atoms with van der Waals surface area (Å²) in [5.74, 6) is 0.670. The Labute approximate surface area is 129 Å². The molecule has 1 aromatic heterocycles. The Morgan fingerprint density at radius 3 is 2.38 bits per heavy atom. The van der Waals surface area contributed by atoms with Crippen LogP contribution in [0.4, 0.5) is 5.95 Å². The van der Waals surface area contributed by atoms with Crippen LogP contribution in [0.3, 0.4) is 0 Å². The number of benzene rings is 2. The number of hydrogen-bond donors (Lipinski definition) is 2. The van der Waals surface area contributed by atoms with Crippen LogP contribution in [0, 0.1) is 0 Å². The van der Waals surface area contributed by atoms with Gasteiger partial charge in [0.1, 0.15) is 11.0 Å². The van der Waals surface area contributed by atoms with E-state index >= 15 is 0 Å². The van der Waals surface area contributed by atoms with Crippen LogP contribution in [0.25, 0.3) is 11.0 Å². The van der Waals surface area contributed by atoms with Crippen LogP contribution < -0.4 is 22.7 Å². The fourth-order valence-electron chi connectivity index (χ4n) is 2.58. The summed E-state index contributed by atoms with van der Waals surface area (Å²) >= 11 is 0. The summed E-state index contributed by atoms with van der Waals surface area (Å²) in [6, 6.07) is 18.3. The largest absolute Gasteiger partial charge is 1.00 e. The number of halogens is 1. The Morgan fingerprint density at radius 2 is 1.67 bits per heavy atom. The van der Waals surface area contributed by atoms with Gasteiger partial charge in [-0.05, 0) is 17.7 Å². The van der Waals surface area contributed by atoms with Crippen LogP contribution in [-0.4, -0.2) is 16.3 Å². The van der Waals surface area contributed by atoms with Gasteiger partial charge in [-0.2, -0.15) is 0 Å². The van der Waals surface area contributed by atoms with Gasteiger partial charge >= 0.3 is 5.95 Å². The minimum absolute atomic E-state index is 0. The van der Waals surface area contributed by atoms with Gasteiger partial charge in [-0.1, -0.05) is 42.5 Å². The van der Waals surface area contributed by atoms with Gasteiger partial charge in [0.15, 0.2) is 0 Å². The Bertz CT molecular complexity index is 725. The van der Waals surface area contributed by atoms with E-state index < -0.39 is 0 Å². The molecule has 0 atom stereocenters. The average molecular weight is 304 g/mol. The molecule has 4 nitrogen and oxygen atoms in total. The lowest BCUT2D eigenvalue weighted by molar-refractivity contribution is -0.648. The molecule has 0 fully saturated rings. The summed E-state index contributed by atoms with van der Waals surface area (Å²) in [7, 11) is 0. The summed E-state index contributed by atoms with van der Waals surface area (Å²) in [4.78, 5) is 0. The van der Waals surface area contributed by atoms with E-state index in [0.717, 1.165) is 17.6 Å². The first kappa shape index (κ1) is 15.4. The van der Waals surface area contributed by atoms with Gasteiger partial charge in [-0.15, -0.1) is 0 Å². The van der Waals surface area contributed by atoms with Gasteiger partial charge in [0.2, 0.25) is 0 Å². The number of aromatic nitrogens is 2. The van der Waals surface area contributed by atoms with E-state index in [9.17, 15) is 5.11 Å². The predicted octanol–water partition coefficient (Wildman–Crippen LogP) is -1.44. The quantitative estimate of drug-likeness (QED) is 0.580. The molecule has 0 radical (unpaired) electrons. The highest BCUT2D eigenvalue weighted by Crippen LogP contribution is 2.16. The van der Waals surface area contributed by atoms with Gasteiger partial charge in [0.25, 0.3) is 0 Å². The van der Waals surface area contributed by atoms with Gasteiger partial charge in [0.05, 0.1) is 19.7 Å². The number of anilines is 1. The number of rotatable bonds is 4. The number of hydrogen-bond acceptors (Lipinski definition) is 2. The standard InChI is InChI=1S/C16H17N3O.ClH/c17-16-18(10-11-20)14-8-4-5-9-15(14)19(16)12-13-6-2-1-3-7-13;/h1-9,17,20H,10-12H2;1H. The first-order valence-corrected chi connectivity index (χ1v) is 6.72. The van der Waals surface area contributed by atoms with Crippen molar-refractivity contribution in [3.8, 4) is 0 Å². The van der Waals surface area contributed by atoms with Crippen molar-refractivity contribution in [1.82, 2.24) is 4.57 Å². The molecule has 0 unspecified atom stereocenters. The number of imidazole rings is 1. The van der Waals surface area contributed by atoms with Gasteiger partial charge < -0.3 is 17.5 Å². The van der Waals surface area contributed by atoms with Crippen LogP contribution in [0.5, 0.6) is 0 Å². The second kappa shape index (κ2) is 6.61. The molecule has 0 saturated heterocycles. The van der Waals surface area contributed by atoms with Crippen molar-refractivity contribution in [2.75, 3.05) is 12.3 Å². The topological polar surface area (TPSA) is 55.1 Å². The first-order chi connectivity index (χ1) is 9.81. The third kappa shape index (κ3) is 2.86. The lowest BCUT2D eigenvalue weighted by Gasteiger charge is -2.02.